The fourth-order valence-electron chi connectivity index (χ4n) is 2.93. The van der Waals surface area contributed by atoms with Crippen molar-refractivity contribution in [2.24, 2.45) is 5.41 Å². The van der Waals surface area contributed by atoms with Gasteiger partial charge in [-0.15, -0.1) is 11.3 Å². The minimum absolute atomic E-state index is 0.270. The summed E-state index contributed by atoms with van der Waals surface area (Å²) in [7, 11) is 0. The van der Waals surface area contributed by atoms with Crippen LogP contribution in [0.5, 0.6) is 5.75 Å². The molecule has 7 heteroatoms. The first-order valence-electron chi connectivity index (χ1n) is 9.32. The minimum atomic E-state index is -0.564. The quantitative estimate of drug-likeness (QED) is 0.489. The molecular weight excluding hydrogens is 374 g/mol. The molecule has 0 saturated carbocycles. The number of rotatable bonds is 3. The number of nitrogens with zero attached hydrogens (tertiary/aromatic N) is 3. The van der Waals surface area contributed by atoms with E-state index in [0.29, 0.717) is 24.8 Å². The first-order valence-corrected chi connectivity index (χ1v) is 10.2. The predicted molar refractivity (Wildman–Crippen MR) is 111 cm³/mol. The fourth-order valence-corrected chi connectivity index (χ4v) is 3.77. The van der Waals surface area contributed by atoms with Crippen LogP contribution in [0, 0.1) is 5.41 Å². The van der Waals surface area contributed by atoms with Gasteiger partial charge in [0, 0.05) is 18.7 Å². The van der Waals surface area contributed by atoms with Crippen molar-refractivity contribution in [2.45, 2.75) is 20.8 Å². The molecule has 4 rings (SSSR count). The number of hydrogen-bond donors (Lipinski definition) is 0. The summed E-state index contributed by atoms with van der Waals surface area (Å²) in [5.41, 5.74) is 1.18. The highest BCUT2D eigenvalue weighted by atomic mass is 32.1. The van der Waals surface area contributed by atoms with Crippen LogP contribution in [0.25, 0.3) is 21.6 Å². The predicted octanol–water partition coefficient (Wildman–Crippen LogP) is 4.15. The molecule has 28 heavy (non-hydrogen) atoms. The van der Waals surface area contributed by atoms with Gasteiger partial charge in [-0.25, -0.2) is 9.97 Å². The van der Waals surface area contributed by atoms with Crippen LogP contribution < -0.4 is 9.64 Å². The summed E-state index contributed by atoms with van der Waals surface area (Å²) >= 11 is 1.65. The zero-order valence-electron chi connectivity index (χ0n) is 16.3. The Balaban J connectivity index is 1.71. The van der Waals surface area contributed by atoms with Crippen LogP contribution in [0.1, 0.15) is 20.8 Å². The Labute approximate surface area is 168 Å². The normalized spacial score (nSPS) is 15.0. The molecule has 0 radical (unpaired) electrons. The molecule has 0 N–H and O–H groups in total. The largest absolute Gasteiger partial charge is 0.426 e. The van der Waals surface area contributed by atoms with E-state index in [1.54, 1.807) is 17.4 Å². The lowest BCUT2D eigenvalue weighted by Crippen LogP contribution is -2.36. The lowest BCUT2D eigenvalue weighted by Gasteiger charge is -2.28. The molecule has 0 atom stereocenters. The summed E-state index contributed by atoms with van der Waals surface area (Å²) in [5, 5.41) is 2.04. The molecule has 1 saturated heterocycles. The SMILES string of the molecule is CC(C)(C)C(=O)Oc1cccc(-c2nc(N3CCOCC3)c3sccc3n2)c1. The number of esters is 1. The number of anilines is 1. The molecule has 0 amide bonds. The molecular formula is C21H23N3O3S. The van der Waals surface area contributed by atoms with Crippen molar-refractivity contribution in [1.29, 1.82) is 0 Å². The van der Waals surface area contributed by atoms with Gasteiger partial charge >= 0.3 is 5.97 Å². The Morgan fingerprint density at radius 1 is 1.18 bits per heavy atom. The molecule has 3 aromatic rings. The fraction of sp³-hybridized carbons (Fsp3) is 0.381. The zero-order valence-corrected chi connectivity index (χ0v) is 17.1. The van der Waals surface area contributed by atoms with Crippen molar-refractivity contribution in [2.75, 3.05) is 31.2 Å². The maximum absolute atomic E-state index is 12.2. The van der Waals surface area contributed by atoms with Gasteiger partial charge in [-0.1, -0.05) is 12.1 Å². The van der Waals surface area contributed by atoms with Crippen molar-refractivity contribution in [3.8, 4) is 17.1 Å². The molecule has 6 nitrogen and oxygen atoms in total. The smallest absolute Gasteiger partial charge is 0.316 e. The third kappa shape index (κ3) is 3.86. The molecule has 1 aliphatic heterocycles. The number of hydrogen-bond acceptors (Lipinski definition) is 7. The Hall–Kier alpha value is -2.51. The van der Waals surface area contributed by atoms with Crippen molar-refractivity contribution in [3.63, 3.8) is 0 Å². The van der Waals surface area contributed by atoms with Gasteiger partial charge in [0.1, 0.15) is 5.75 Å². The summed E-state index contributed by atoms with van der Waals surface area (Å²) in [5.74, 6) is 1.80. The van der Waals surface area contributed by atoms with Crippen molar-refractivity contribution in [3.05, 3.63) is 35.7 Å². The summed E-state index contributed by atoms with van der Waals surface area (Å²) < 4.78 is 12.1. The van der Waals surface area contributed by atoms with Gasteiger partial charge in [0.25, 0.3) is 0 Å². The monoisotopic (exact) mass is 397 g/mol. The van der Waals surface area contributed by atoms with Crippen molar-refractivity contribution in [1.82, 2.24) is 9.97 Å². The number of fused-ring (bicyclic) bond motifs is 1. The topological polar surface area (TPSA) is 64.5 Å². The zero-order chi connectivity index (χ0) is 19.7. The van der Waals surface area contributed by atoms with Crippen LogP contribution in [0.4, 0.5) is 5.82 Å². The third-order valence-electron chi connectivity index (χ3n) is 4.51. The van der Waals surface area contributed by atoms with Gasteiger partial charge in [0.2, 0.25) is 0 Å². The Morgan fingerprint density at radius 2 is 1.96 bits per heavy atom. The van der Waals surface area contributed by atoms with Crippen molar-refractivity contribution < 1.29 is 14.3 Å². The number of carbonyl (C=O) groups excluding carboxylic acids is 1. The van der Waals surface area contributed by atoms with Crippen molar-refractivity contribution >= 4 is 33.3 Å². The molecule has 2 aromatic heterocycles. The highest BCUT2D eigenvalue weighted by molar-refractivity contribution is 7.17. The van der Waals surface area contributed by atoms with Crippen LogP contribution in [-0.4, -0.2) is 42.2 Å². The summed E-state index contributed by atoms with van der Waals surface area (Å²) in [6.45, 7) is 8.53. The molecule has 0 unspecified atom stereocenters. The molecule has 146 valence electrons. The number of ether oxygens (including phenoxy) is 2. The molecule has 1 aliphatic rings. The van der Waals surface area contributed by atoms with E-state index in [1.807, 2.05) is 50.4 Å². The van der Waals surface area contributed by atoms with E-state index >= 15 is 0 Å². The van der Waals surface area contributed by atoms with E-state index in [-0.39, 0.29) is 5.97 Å². The first kappa shape index (κ1) is 18.8. The van der Waals surface area contributed by atoms with E-state index < -0.39 is 5.41 Å². The van der Waals surface area contributed by atoms with E-state index in [4.69, 9.17) is 19.4 Å². The average molecular weight is 398 g/mol. The van der Waals surface area contributed by atoms with E-state index in [1.165, 1.54) is 0 Å². The second-order valence-corrected chi connectivity index (χ2v) is 8.69. The molecule has 0 bridgehead atoms. The van der Waals surface area contributed by atoms with E-state index in [9.17, 15) is 4.79 Å². The minimum Gasteiger partial charge on any atom is -0.426 e. The van der Waals surface area contributed by atoms with Gasteiger partial charge in [-0.05, 0) is 44.4 Å². The molecule has 0 aliphatic carbocycles. The Morgan fingerprint density at radius 3 is 2.71 bits per heavy atom. The van der Waals surface area contributed by atoms with Crippen LogP contribution in [0.3, 0.4) is 0 Å². The van der Waals surface area contributed by atoms with Gasteiger partial charge < -0.3 is 14.4 Å². The lowest BCUT2D eigenvalue weighted by atomic mass is 9.97. The summed E-state index contributed by atoms with van der Waals surface area (Å²) in [6, 6.07) is 9.40. The van der Waals surface area contributed by atoms with Crippen LogP contribution >= 0.6 is 11.3 Å². The van der Waals surface area contributed by atoms with Gasteiger partial charge in [0.05, 0.1) is 28.8 Å². The highest BCUT2D eigenvalue weighted by Gasteiger charge is 2.24. The van der Waals surface area contributed by atoms with Gasteiger partial charge in [-0.3, -0.25) is 4.79 Å². The standard InChI is InChI=1S/C21H23N3O3S/c1-21(2,3)20(25)27-15-6-4-5-14(13-15)18-22-16-7-12-28-17(16)19(23-18)24-8-10-26-11-9-24/h4-7,12-13H,8-11H2,1-3H3. The third-order valence-corrected chi connectivity index (χ3v) is 5.41. The van der Waals surface area contributed by atoms with Gasteiger partial charge in [0.15, 0.2) is 11.6 Å². The molecule has 3 heterocycles. The maximum Gasteiger partial charge on any atom is 0.316 e. The van der Waals surface area contributed by atoms with Crippen LogP contribution in [0.2, 0.25) is 0 Å². The van der Waals surface area contributed by atoms with Crippen LogP contribution in [0.15, 0.2) is 35.7 Å². The first-order chi connectivity index (χ1) is 13.4. The number of benzene rings is 1. The second kappa shape index (κ2) is 7.48. The van der Waals surface area contributed by atoms with Crippen LogP contribution in [-0.2, 0) is 9.53 Å². The maximum atomic E-state index is 12.2. The average Bonchev–Trinajstić information content (AvgIpc) is 3.16. The number of carbonyl (C=O) groups is 1. The Bertz CT molecular complexity index is 1000. The number of aromatic nitrogens is 2. The number of thiophene rings is 1. The second-order valence-electron chi connectivity index (χ2n) is 7.77. The van der Waals surface area contributed by atoms with E-state index in [2.05, 4.69) is 4.90 Å². The number of morpholine rings is 1. The molecule has 1 fully saturated rings. The summed E-state index contributed by atoms with van der Waals surface area (Å²) in [6.07, 6.45) is 0. The Kier molecular flexibility index (Phi) is 5.03. The molecule has 0 spiro atoms. The lowest BCUT2D eigenvalue weighted by molar-refractivity contribution is -0.142. The highest BCUT2D eigenvalue weighted by Crippen LogP contribution is 2.33. The van der Waals surface area contributed by atoms with Gasteiger partial charge in [-0.2, -0.15) is 0 Å². The molecule has 1 aromatic carbocycles. The summed E-state index contributed by atoms with van der Waals surface area (Å²) in [4.78, 5) is 24.1. The van der Waals surface area contributed by atoms with E-state index in [0.717, 1.165) is 34.7 Å².